The number of nitrogens with zero attached hydrogens (tertiary/aromatic N) is 2. The summed E-state index contributed by atoms with van der Waals surface area (Å²) in [6.07, 6.45) is -6.20. The van der Waals surface area contributed by atoms with Crippen LogP contribution in [-0.4, -0.2) is 12.4 Å². The maximum absolute atomic E-state index is 11.8. The van der Waals surface area contributed by atoms with E-state index in [0.29, 0.717) is 0 Å². The molecule has 1 rings (SSSR count). The predicted molar refractivity (Wildman–Crippen MR) is 55.4 cm³/mol. The van der Waals surface area contributed by atoms with Crippen molar-refractivity contribution >= 4 is 17.8 Å². The Morgan fingerprint density at radius 1 is 1.41 bits per heavy atom. The molecule has 0 amide bonds. The lowest BCUT2D eigenvalue weighted by Crippen LogP contribution is -2.09. The fourth-order valence-electron chi connectivity index (χ4n) is 0.989. The van der Waals surface area contributed by atoms with Gasteiger partial charge in [0.15, 0.2) is 0 Å². The Bertz CT molecular complexity index is 454. The van der Waals surface area contributed by atoms with Crippen LogP contribution in [0.3, 0.4) is 0 Å². The molecule has 0 aromatic heterocycles. The maximum Gasteiger partial charge on any atom is 0.429 e. The normalized spacial score (nSPS) is 13.4. The summed E-state index contributed by atoms with van der Waals surface area (Å²) in [7, 11) is 0. The molecule has 90 valence electrons. The molecular weight excluding hydrogens is 257 g/mol. The van der Waals surface area contributed by atoms with E-state index in [-0.39, 0.29) is 16.8 Å². The Morgan fingerprint density at radius 3 is 2.59 bits per heavy atom. The monoisotopic (exact) mass is 262 g/mol. The molecule has 0 fully saturated rings. The Hall–Kier alpha value is -1.74. The highest BCUT2D eigenvalue weighted by atomic mass is 35.5. The Kier molecular flexibility index (Phi) is 4.35. The second-order valence-electron chi connectivity index (χ2n) is 2.91. The molecule has 7 heteroatoms. The summed E-state index contributed by atoms with van der Waals surface area (Å²) < 4.78 is 35.3. The summed E-state index contributed by atoms with van der Waals surface area (Å²) in [5, 5.41) is 11.7. The second-order valence-corrected chi connectivity index (χ2v) is 3.32. The number of rotatable bonds is 3. The molecular formula is C10H6ClF3N2O. The zero-order valence-corrected chi connectivity index (χ0v) is 9.03. The van der Waals surface area contributed by atoms with Crippen molar-refractivity contribution in [1.82, 2.24) is 0 Å². The fourth-order valence-corrected chi connectivity index (χ4v) is 1.22. The average Bonchev–Trinajstić information content (AvgIpc) is 2.24. The van der Waals surface area contributed by atoms with Crippen molar-refractivity contribution in [2.24, 2.45) is 5.16 Å². The van der Waals surface area contributed by atoms with Crippen molar-refractivity contribution in [3.63, 3.8) is 0 Å². The largest absolute Gasteiger partial charge is 0.429 e. The van der Waals surface area contributed by atoms with Gasteiger partial charge in [-0.1, -0.05) is 35.0 Å². The van der Waals surface area contributed by atoms with Gasteiger partial charge in [-0.15, -0.1) is 0 Å². The molecule has 3 nitrogen and oxygen atoms in total. The molecule has 0 spiro atoms. The standard InChI is InChI=1S/C10H6ClF3N2O/c11-8-4-2-1-3-7(8)9(5-15)17-16-6-10(12,13)14/h1-4,6,9H. The van der Waals surface area contributed by atoms with Gasteiger partial charge in [0.1, 0.15) is 12.3 Å². The summed E-state index contributed by atoms with van der Waals surface area (Å²) >= 11 is 5.76. The van der Waals surface area contributed by atoms with Crippen molar-refractivity contribution in [2.75, 3.05) is 0 Å². The molecule has 1 aromatic carbocycles. The minimum absolute atomic E-state index is 0.223. The average molecular weight is 263 g/mol. The van der Waals surface area contributed by atoms with Crippen LogP contribution < -0.4 is 0 Å². The van der Waals surface area contributed by atoms with Gasteiger partial charge in [0.05, 0.1) is 0 Å². The third kappa shape index (κ3) is 4.33. The molecule has 0 N–H and O–H groups in total. The van der Waals surface area contributed by atoms with Crippen LogP contribution in [0.2, 0.25) is 5.02 Å². The summed E-state index contributed by atoms with van der Waals surface area (Å²) in [6.45, 7) is 0. The number of hydrogen-bond donors (Lipinski definition) is 0. The molecule has 0 bridgehead atoms. The van der Waals surface area contributed by atoms with Gasteiger partial charge >= 0.3 is 6.18 Å². The summed E-state index contributed by atoms with van der Waals surface area (Å²) in [5.74, 6) is 0. The molecule has 0 heterocycles. The van der Waals surface area contributed by atoms with E-state index in [4.69, 9.17) is 16.9 Å². The number of benzene rings is 1. The number of oxime groups is 1. The Labute approximate surface area is 100 Å². The lowest BCUT2D eigenvalue weighted by Gasteiger charge is -2.08. The van der Waals surface area contributed by atoms with Gasteiger partial charge in [0.2, 0.25) is 6.10 Å². The van der Waals surface area contributed by atoms with Crippen molar-refractivity contribution in [1.29, 1.82) is 5.26 Å². The van der Waals surface area contributed by atoms with E-state index >= 15 is 0 Å². The highest BCUT2D eigenvalue weighted by molar-refractivity contribution is 6.31. The first-order valence-electron chi connectivity index (χ1n) is 4.35. The lowest BCUT2D eigenvalue weighted by molar-refractivity contribution is -0.0575. The van der Waals surface area contributed by atoms with Crippen LogP contribution in [0.15, 0.2) is 29.4 Å². The van der Waals surface area contributed by atoms with E-state index in [1.807, 2.05) is 0 Å². The maximum atomic E-state index is 11.8. The molecule has 1 aromatic rings. The van der Waals surface area contributed by atoms with Gasteiger partial charge in [-0.2, -0.15) is 18.4 Å². The smallest absolute Gasteiger partial charge is 0.372 e. The van der Waals surface area contributed by atoms with Crippen molar-refractivity contribution in [3.8, 4) is 6.07 Å². The topological polar surface area (TPSA) is 45.4 Å². The third-order valence-electron chi connectivity index (χ3n) is 1.67. The molecule has 1 unspecified atom stereocenters. The van der Waals surface area contributed by atoms with Crippen LogP contribution in [0, 0.1) is 11.3 Å². The summed E-state index contributed by atoms with van der Waals surface area (Å²) in [6, 6.07) is 7.84. The van der Waals surface area contributed by atoms with Crippen molar-refractivity contribution < 1.29 is 18.0 Å². The predicted octanol–water partition coefficient (Wildman–Crippen LogP) is 3.47. The lowest BCUT2D eigenvalue weighted by atomic mass is 10.1. The van der Waals surface area contributed by atoms with E-state index in [2.05, 4.69) is 9.99 Å². The van der Waals surface area contributed by atoms with E-state index in [1.165, 1.54) is 12.1 Å². The highest BCUT2D eigenvalue weighted by Crippen LogP contribution is 2.25. The van der Waals surface area contributed by atoms with Crippen LogP contribution in [0.1, 0.15) is 11.7 Å². The zero-order chi connectivity index (χ0) is 12.9. The third-order valence-corrected chi connectivity index (χ3v) is 2.01. The number of halogens is 4. The van der Waals surface area contributed by atoms with Crippen molar-refractivity contribution in [3.05, 3.63) is 34.9 Å². The van der Waals surface area contributed by atoms with E-state index in [0.717, 1.165) is 0 Å². The first-order chi connectivity index (χ1) is 7.94. The number of alkyl halides is 3. The summed E-state index contributed by atoms with van der Waals surface area (Å²) in [5.41, 5.74) is 0.260. The first-order valence-corrected chi connectivity index (χ1v) is 4.73. The molecule has 0 saturated heterocycles. The molecule has 0 aliphatic carbocycles. The number of nitriles is 1. The fraction of sp³-hybridized carbons (Fsp3) is 0.200. The Morgan fingerprint density at radius 2 is 2.06 bits per heavy atom. The van der Waals surface area contributed by atoms with E-state index in [9.17, 15) is 13.2 Å². The Balaban J connectivity index is 2.78. The molecule has 17 heavy (non-hydrogen) atoms. The number of hydrogen-bond acceptors (Lipinski definition) is 3. The van der Waals surface area contributed by atoms with Crippen LogP contribution in [0.4, 0.5) is 13.2 Å². The van der Waals surface area contributed by atoms with Gasteiger partial charge in [-0.3, -0.25) is 0 Å². The summed E-state index contributed by atoms with van der Waals surface area (Å²) in [4.78, 5) is 4.44. The molecule has 0 aliphatic heterocycles. The van der Waals surface area contributed by atoms with Gasteiger partial charge in [0, 0.05) is 10.6 Å². The van der Waals surface area contributed by atoms with Gasteiger partial charge in [0.25, 0.3) is 0 Å². The first kappa shape index (κ1) is 13.3. The van der Waals surface area contributed by atoms with Crippen molar-refractivity contribution in [2.45, 2.75) is 12.3 Å². The minimum Gasteiger partial charge on any atom is -0.372 e. The molecule has 0 radical (unpaired) electrons. The molecule has 1 atom stereocenters. The van der Waals surface area contributed by atoms with Crippen LogP contribution in [0.25, 0.3) is 0 Å². The van der Waals surface area contributed by atoms with Crippen LogP contribution in [-0.2, 0) is 4.84 Å². The van der Waals surface area contributed by atoms with Crippen LogP contribution in [0.5, 0.6) is 0 Å². The van der Waals surface area contributed by atoms with E-state index in [1.54, 1.807) is 18.2 Å². The molecule has 0 aliphatic rings. The zero-order valence-electron chi connectivity index (χ0n) is 8.28. The second kappa shape index (κ2) is 5.55. The molecule has 0 saturated carbocycles. The minimum atomic E-state index is -4.58. The van der Waals surface area contributed by atoms with Gasteiger partial charge in [-0.05, 0) is 6.07 Å². The SMILES string of the molecule is N#CC(ON=CC(F)(F)F)c1ccccc1Cl. The quantitative estimate of drug-likeness (QED) is 0.618. The van der Waals surface area contributed by atoms with Gasteiger partial charge in [-0.25, -0.2) is 0 Å². The van der Waals surface area contributed by atoms with E-state index < -0.39 is 12.3 Å². The highest BCUT2D eigenvalue weighted by Gasteiger charge is 2.25. The van der Waals surface area contributed by atoms with Crippen LogP contribution >= 0.6 is 11.6 Å². The van der Waals surface area contributed by atoms with Gasteiger partial charge < -0.3 is 4.84 Å².